The molecule has 0 aromatic carbocycles. The second-order valence-corrected chi connectivity index (χ2v) is 3.45. The summed E-state index contributed by atoms with van der Waals surface area (Å²) in [6.45, 7) is 0.830. The van der Waals surface area contributed by atoms with E-state index in [4.69, 9.17) is 0 Å². The van der Waals surface area contributed by atoms with Crippen molar-refractivity contribution in [2.75, 3.05) is 0 Å². The summed E-state index contributed by atoms with van der Waals surface area (Å²) in [5.41, 5.74) is -4.55. The number of rotatable bonds is 3. The molecule has 0 aliphatic carbocycles. The Morgan fingerprint density at radius 1 is 1.16 bits per heavy atom. The van der Waals surface area contributed by atoms with Gasteiger partial charge >= 0.3 is 23.7 Å². The molecule has 0 spiro atoms. The van der Waals surface area contributed by atoms with Gasteiger partial charge in [-0.05, 0) is 6.92 Å². The Hall–Kier alpha value is -1.88. The fourth-order valence-corrected chi connectivity index (χ4v) is 1.19. The fourth-order valence-electron chi connectivity index (χ4n) is 1.19. The summed E-state index contributed by atoms with van der Waals surface area (Å²) in [5.74, 6) is -12.4. The second-order valence-electron chi connectivity index (χ2n) is 3.45. The third-order valence-electron chi connectivity index (χ3n) is 2.15. The maximum Gasteiger partial charge on any atom is 0.460 e. The Balaban J connectivity index is 3.48. The van der Waals surface area contributed by atoms with Crippen molar-refractivity contribution in [3.8, 4) is 0 Å². The molecule has 0 saturated carbocycles. The van der Waals surface area contributed by atoms with E-state index in [1.807, 2.05) is 0 Å². The molecule has 0 fully saturated rings. The van der Waals surface area contributed by atoms with Crippen LogP contribution in [0.25, 0.3) is 0 Å². The van der Waals surface area contributed by atoms with Gasteiger partial charge in [-0.2, -0.15) is 35.8 Å². The average Bonchev–Trinajstić information content (AvgIpc) is 2.58. The van der Waals surface area contributed by atoms with Gasteiger partial charge in [0.1, 0.15) is 5.69 Å². The van der Waals surface area contributed by atoms with Crippen LogP contribution in [0.3, 0.4) is 0 Å². The molecule has 0 radical (unpaired) electrons. The highest BCUT2D eigenvalue weighted by molar-refractivity contribution is 5.43. The molecule has 1 aromatic rings. The summed E-state index contributed by atoms with van der Waals surface area (Å²) in [6.07, 6.45) is -6.59. The molecule has 12 heteroatoms. The van der Waals surface area contributed by atoms with Crippen molar-refractivity contribution in [2.45, 2.75) is 24.9 Å². The zero-order chi connectivity index (χ0) is 15.2. The Bertz CT molecular complexity index is 507. The summed E-state index contributed by atoms with van der Waals surface area (Å²) < 4.78 is 87.6. The van der Waals surface area contributed by atoms with Crippen molar-refractivity contribution in [1.82, 2.24) is 10.2 Å². The van der Waals surface area contributed by atoms with Crippen molar-refractivity contribution < 1.29 is 35.7 Å². The number of alkyl halides is 7. The summed E-state index contributed by atoms with van der Waals surface area (Å²) in [7, 11) is 0. The molecule has 1 rings (SSSR count). The predicted molar refractivity (Wildman–Crippen MR) is 44.9 cm³/mol. The van der Waals surface area contributed by atoms with Crippen LogP contribution in [-0.2, 0) is 5.92 Å². The van der Waals surface area contributed by atoms with Gasteiger partial charge < -0.3 is 0 Å². The number of H-pyrrole nitrogens is 1. The van der Waals surface area contributed by atoms with Gasteiger partial charge in [0, 0.05) is 0 Å². The minimum absolute atomic E-state index is 0.669. The van der Waals surface area contributed by atoms with Crippen LogP contribution in [0.2, 0.25) is 0 Å². The molecule has 0 amide bonds. The van der Waals surface area contributed by atoms with Crippen LogP contribution in [0.1, 0.15) is 11.4 Å². The van der Waals surface area contributed by atoms with Gasteiger partial charge in [-0.1, -0.05) is 0 Å². The monoisotopic (exact) mass is 295 g/mol. The molecular weight excluding hydrogens is 291 g/mol. The Kier molecular flexibility index (Phi) is 3.25. The third-order valence-corrected chi connectivity index (χ3v) is 2.15. The van der Waals surface area contributed by atoms with E-state index < -0.39 is 40.0 Å². The van der Waals surface area contributed by atoms with Crippen molar-refractivity contribution >= 4 is 5.69 Å². The van der Waals surface area contributed by atoms with Crippen LogP contribution in [-0.4, -0.2) is 27.2 Å². The molecule has 1 N–H and O–H groups in total. The predicted octanol–water partition coefficient (Wildman–Crippen LogP) is 2.92. The first-order chi connectivity index (χ1) is 8.34. The normalized spacial score (nSPS) is 13.7. The van der Waals surface area contributed by atoms with Gasteiger partial charge in [-0.25, -0.2) is 0 Å². The van der Waals surface area contributed by atoms with Crippen LogP contribution in [0.15, 0.2) is 0 Å². The van der Waals surface area contributed by atoms with Gasteiger partial charge in [0.2, 0.25) is 5.69 Å². The number of hydrogen-bond donors (Lipinski definition) is 1. The third kappa shape index (κ3) is 2.10. The first kappa shape index (κ1) is 15.2. The highest BCUT2D eigenvalue weighted by atomic mass is 19.4. The smallest absolute Gasteiger partial charge is 0.275 e. The van der Waals surface area contributed by atoms with Crippen LogP contribution in [0, 0.1) is 17.0 Å². The lowest BCUT2D eigenvalue weighted by Gasteiger charge is -2.26. The number of aromatic nitrogens is 2. The number of aromatic amines is 1. The molecule has 108 valence electrons. The molecular formula is C7H4F7N3O2. The number of nitro groups is 1. The molecule has 0 atom stereocenters. The highest BCUT2D eigenvalue weighted by Gasteiger charge is 2.76. The lowest BCUT2D eigenvalue weighted by molar-refractivity contribution is -0.394. The zero-order valence-corrected chi connectivity index (χ0v) is 8.86. The zero-order valence-electron chi connectivity index (χ0n) is 8.86. The standard InChI is InChI=1S/C7H4F7N3O2/c1-2-3(17(18)19)4(16-15-2)5(8,9)6(10,11)7(12,13)14/h1H3,(H,15,16). The van der Waals surface area contributed by atoms with E-state index in [0.29, 0.717) is 0 Å². The second kappa shape index (κ2) is 4.06. The first-order valence-electron chi connectivity index (χ1n) is 4.36. The Morgan fingerprint density at radius 2 is 1.63 bits per heavy atom. The molecule has 1 aromatic heterocycles. The van der Waals surface area contributed by atoms with Crippen molar-refractivity contribution in [3.05, 3.63) is 21.5 Å². The minimum Gasteiger partial charge on any atom is -0.275 e. The number of aryl methyl sites for hydroxylation is 1. The number of nitrogens with one attached hydrogen (secondary N) is 1. The molecule has 0 aliphatic rings. The van der Waals surface area contributed by atoms with Crippen molar-refractivity contribution in [2.24, 2.45) is 0 Å². The molecule has 0 aliphatic heterocycles. The van der Waals surface area contributed by atoms with Crippen LogP contribution < -0.4 is 0 Å². The lowest BCUT2D eigenvalue weighted by Crippen LogP contribution is -2.50. The van der Waals surface area contributed by atoms with Gasteiger partial charge in [0.15, 0.2) is 0 Å². The van der Waals surface area contributed by atoms with Gasteiger partial charge in [-0.3, -0.25) is 15.2 Å². The maximum atomic E-state index is 13.2. The molecule has 0 saturated heterocycles. The first-order valence-corrected chi connectivity index (χ1v) is 4.36. The maximum absolute atomic E-state index is 13.2. The quantitative estimate of drug-likeness (QED) is 0.529. The Labute approximate surface area is 99.1 Å². The molecule has 1 heterocycles. The molecule has 0 unspecified atom stereocenters. The molecule has 5 nitrogen and oxygen atoms in total. The van der Waals surface area contributed by atoms with Crippen molar-refractivity contribution in [1.29, 1.82) is 0 Å². The summed E-state index contributed by atoms with van der Waals surface area (Å²) in [6, 6.07) is 0. The van der Waals surface area contributed by atoms with Crippen molar-refractivity contribution in [3.63, 3.8) is 0 Å². The summed E-state index contributed by atoms with van der Waals surface area (Å²) >= 11 is 0. The lowest BCUT2D eigenvalue weighted by atomic mass is 10.1. The van der Waals surface area contributed by atoms with E-state index in [0.717, 1.165) is 6.92 Å². The van der Waals surface area contributed by atoms with Gasteiger partial charge in [-0.15, -0.1) is 0 Å². The highest BCUT2D eigenvalue weighted by Crippen LogP contribution is 2.53. The minimum atomic E-state index is -6.59. The van der Waals surface area contributed by atoms with Gasteiger partial charge in [0.25, 0.3) is 0 Å². The van der Waals surface area contributed by atoms with E-state index in [9.17, 15) is 40.8 Å². The van der Waals surface area contributed by atoms with E-state index in [1.165, 1.54) is 0 Å². The van der Waals surface area contributed by atoms with E-state index >= 15 is 0 Å². The van der Waals surface area contributed by atoms with Gasteiger partial charge in [0.05, 0.1) is 4.92 Å². The number of nitrogens with zero attached hydrogens (tertiary/aromatic N) is 2. The number of halogens is 7. The average molecular weight is 295 g/mol. The SMILES string of the molecule is Cc1[nH]nc(C(F)(F)C(F)(F)C(F)(F)F)c1[N+](=O)[O-]. The van der Waals surface area contributed by atoms with Crippen LogP contribution in [0.5, 0.6) is 0 Å². The summed E-state index contributed by atoms with van der Waals surface area (Å²) in [4.78, 5) is 8.89. The fraction of sp³-hybridized carbons (Fsp3) is 0.571. The van der Waals surface area contributed by atoms with E-state index in [1.54, 1.807) is 5.10 Å². The molecule has 19 heavy (non-hydrogen) atoms. The topological polar surface area (TPSA) is 71.8 Å². The largest absolute Gasteiger partial charge is 0.460 e. The van der Waals surface area contributed by atoms with E-state index in [-0.39, 0.29) is 0 Å². The Morgan fingerprint density at radius 3 is 2.00 bits per heavy atom. The van der Waals surface area contributed by atoms with E-state index in [2.05, 4.69) is 5.10 Å². The number of hydrogen-bond acceptors (Lipinski definition) is 3. The van der Waals surface area contributed by atoms with Crippen LogP contribution >= 0.6 is 0 Å². The summed E-state index contributed by atoms with van der Waals surface area (Å²) in [5, 5.41) is 14.5. The van der Waals surface area contributed by atoms with Crippen LogP contribution in [0.4, 0.5) is 36.4 Å². The molecule has 0 bridgehead atoms.